The normalized spacial score (nSPS) is 18.2. The lowest BCUT2D eigenvalue weighted by molar-refractivity contribution is 0.147. The lowest BCUT2D eigenvalue weighted by Gasteiger charge is -2.23. The summed E-state index contributed by atoms with van der Waals surface area (Å²) >= 11 is 3.20. The topological polar surface area (TPSA) is 39.9 Å². The SMILES string of the molecule is Fc1cccc(OC2CCCn3nc(Br)nc32)c1F. The number of nitrogens with zero attached hydrogens (tertiary/aromatic N) is 3. The van der Waals surface area contributed by atoms with E-state index in [9.17, 15) is 8.78 Å². The summed E-state index contributed by atoms with van der Waals surface area (Å²) in [5, 5.41) is 4.16. The predicted molar refractivity (Wildman–Crippen MR) is 66.7 cm³/mol. The van der Waals surface area contributed by atoms with Gasteiger partial charge in [0.2, 0.25) is 10.6 Å². The van der Waals surface area contributed by atoms with Gasteiger partial charge in [-0.25, -0.2) is 14.1 Å². The highest BCUT2D eigenvalue weighted by Crippen LogP contribution is 2.31. The second kappa shape index (κ2) is 4.88. The molecule has 0 N–H and O–H groups in total. The van der Waals surface area contributed by atoms with Gasteiger partial charge in [-0.1, -0.05) is 6.07 Å². The van der Waals surface area contributed by atoms with Crippen molar-refractivity contribution < 1.29 is 13.5 Å². The Labute approximate surface area is 116 Å². The van der Waals surface area contributed by atoms with Crippen molar-refractivity contribution in [1.29, 1.82) is 0 Å². The maximum atomic E-state index is 13.6. The molecule has 7 heteroatoms. The predicted octanol–water partition coefficient (Wildman–Crippen LogP) is 3.23. The molecule has 1 unspecified atom stereocenters. The molecule has 3 rings (SSSR count). The van der Waals surface area contributed by atoms with Crippen molar-refractivity contribution in [3.63, 3.8) is 0 Å². The van der Waals surface area contributed by atoms with Crippen LogP contribution in [0.3, 0.4) is 0 Å². The molecule has 2 aromatic rings. The molecule has 0 saturated heterocycles. The number of aryl methyl sites for hydroxylation is 1. The molecule has 0 saturated carbocycles. The molecule has 0 radical (unpaired) electrons. The van der Waals surface area contributed by atoms with E-state index in [0.717, 1.165) is 19.0 Å². The Morgan fingerprint density at radius 2 is 2.21 bits per heavy atom. The third-order valence-electron chi connectivity index (χ3n) is 2.98. The van der Waals surface area contributed by atoms with Gasteiger partial charge in [-0.3, -0.25) is 0 Å². The van der Waals surface area contributed by atoms with Crippen LogP contribution in [0, 0.1) is 11.6 Å². The van der Waals surface area contributed by atoms with E-state index in [-0.39, 0.29) is 5.75 Å². The molecule has 2 heterocycles. The van der Waals surface area contributed by atoms with Gasteiger partial charge in [0.15, 0.2) is 23.5 Å². The van der Waals surface area contributed by atoms with Crippen LogP contribution in [0.5, 0.6) is 5.75 Å². The number of rotatable bonds is 2. The molecule has 1 aromatic carbocycles. The van der Waals surface area contributed by atoms with Crippen molar-refractivity contribution in [2.45, 2.75) is 25.5 Å². The lowest BCUT2D eigenvalue weighted by Crippen LogP contribution is -2.21. The van der Waals surface area contributed by atoms with Crippen LogP contribution in [0.4, 0.5) is 8.78 Å². The molecule has 1 aliphatic rings. The van der Waals surface area contributed by atoms with Crippen LogP contribution in [-0.2, 0) is 6.54 Å². The lowest BCUT2D eigenvalue weighted by atomic mass is 10.1. The monoisotopic (exact) mass is 329 g/mol. The average molecular weight is 330 g/mol. The Balaban J connectivity index is 1.90. The molecule has 1 aromatic heterocycles. The summed E-state index contributed by atoms with van der Waals surface area (Å²) in [5.74, 6) is -1.37. The van der Waals surface area contributed by atoms with Gasteiger partial charge >= 0.3 is 0 Å². The molecule has 0 amide bonds. The van der Waals surface area contributed by atoms with Gasteiger partial charge in [0.25, 0.3) is 0 Å². The Hall–Kier alpha value is -1.50. The van der Waals surface area contributed by atoms with Crippen molar-refractivity contribution in [2.75, 3.05) is 0 Å². The van der Waals surface area contributed by atoms with Gasteiger partial charge in [-0.05, 0) is 40.9 Å². The number of halogens is 3. The van der Waals surface area contributed by atoms with Crippen LogP contribution in [0.1, 0.15) is 24.8 Å². The molecule has 1 aliphatic heterocycles. The van der Waals surface area contributed by atoms with Crippen molar-refractivity contribution in [1.82, 2.24) is 14.8 Å². The summed E-state index contributed by atoms with van der Waals surface area (Å²) in [6, 6.07) is 3.88. The first-order valence-corrected chi connectivity index (χ1v) is 6.65. The number of ether oxygens (including phenoxy) is 1. The van der Waals surface area contributed by atoms with E-state index >= 15 is 0 Å². The largest absolute Gasteiger partial charge is 0.479 e. The summed E-state index contributed by atoms with van der Waals surface area (Å²) in [6.07, 6.45) is 1.13. The first kappa shape index (κ1) is 12.5. The van der Waals surface area contributed by atoms with Gasteiger partial charge in [0, 0.05) is 6.54 Å². The number of aromatic nitrogens is 3. The highest BCUT2D eigenvalue weighted by Gasteiger charge is 2.26. The molecule has 0 spiro atoms. The van der Waals surface area contributed by atoms with E-state index in [1.54, 1.807) is 4.68 Å². The van der Waals surface area contributed by atoms with Crippen molar-refractivity contribution in [3.8, 4) is 5.75 Å². The zero-order chi connectivity index (χ0) is 13.4. The molecular weight excluding hydrogens is 320 g/mol. The van der Waals surface area contributed by atoms with Crippen molar-refractivity contribution in [2.24, 2.45) is 0 Å². The van der Waals surface area contributed by atoms with Gasteiger partial charge in [-0.2, -0.15) is 4.39 Å². The van der Waals surface area contributed by atoms with E-state index < -0.39 is 17.7 Å². The number of hydrogen-bond donors (Lipinski definition) is 0. The smallest absolute Gasteiger partial charge is 0.217 e. The molecule has 1 atom stereocenters. The molecule has 4 nitrogen and oxygen atoms in total. The van der Waals surface area contributed by atoms with Gasteiger partial charge in [0.05, 0.1) is 0 Å². The summed E-state index contributed by atoms with van der Waals surface area (Å²) in [6.45, 7) is 0.749. The second-order valence-electron chi connectivity index (χ2n) is 4.26. The minimum Gasteiger partial charge on any atom is -0.479 e. The first-order valence-electron chi connectivity index (χ1n) is 5.86. The van der Waals surface area contributed by atoms with E-state index in [4.69, 9.17) is 4.74 Å². The van der Waals surface area contributed by atoms with Crippen molar-refractivity contribution >= 4 is 15.9 Å². The summed E-state index contributed by atoms with van der Waals surface area (Å²) in [4.78, 5) is 4.21. The zero-order valence-corrected chi connectivity index (χ0v) is 11.4. The fourth-order valence-electron chi connectivity index (χ4n) is 2.12. The minimum atomic E-state index is -0.974. The average Bonchev–Trinajstić information content (AvgIpc) is 2.76. The third-order valence-corrected chi connectivity index (χ3v) is 3.32. The molecular formula is C12H10BrF2N3O. The number of hydrogen-bond acceptors (Lipinski definition) is 3. The Morgan fingerprint density at radius 3 is 3.05 bits per heavy atom. The van der Waals surface area contributed by atoms with E-state index in [1.165, 1.54) is 12.1 Å². The maximum Gasteiger partial charge on any atom is 0.217 e. The maximum absolute atomic E-state index is 13.6. The molecule has 19 heavy (non-hydrogen) atoms. The molecule has 0 bridgehead atoms. The fourth-order valence-corrected chi connectivity index (χ4v) is 2.50. The molecule has 0 fully saturated rings. The summed E-state index contributed by atoms with van der Waals surface area (Å²) in [7, 11) is 0. The van der Waals surface area contributed by atoms with Crippen LogP contribution >= 0.6 is 15.9 Å². The highest BCUT2D eigenvalue weighted by atomic mass is 79.9. The van der Waals surface area contributed by atoms with Crippen LogP contribution in [-0.4, -0.2) is 14.8 Å². The van der Waals surface area contributed by atoms with Gasteiger partial charge in [0.1, 0.15) is 0 Å². The zero-order valence-electron chi connectivity index (χ0n) is 9.81. The van der Waals surface area contributed by atoms with Gasteiger partial charge < -0.3 is 4.74 Å². The molecule has 0 aliphatic carbocycles. The van der Waals surface area contributed by atoms with E-state index in [1.807, 2.05) is 0 Å². The first-order chi connectivity index (χ1) is 9.15. The minimum absolute atomic E-state index is 0.0995. The van der Waals surface area contributed by atoms with E-state index in [0.29, 0.717) is 17.0 Å². The summed E-state index contributed by atoms with van der Waals surface area (Å²) < 4.78 is 34.5. The standard InChI is InChI=1S/C12H10BrF2N3O/c13-12-16-11-9(5-2-6-18(11)17-12)19-8-4-1-3-7(14)10(8)15/h1,3-4,9H,2,5-6H2. The van der Waals surface area contributed by atoms with Crippen LogP contribution in [0.2, 0.25) is 0 Å². The van der Waals surface area contributed by atoms with Crippen LogP contribution < -0.4 is 4.74 Å². The summed E-state index contributed by atoms with van der Waals surface area (Å²) in [5.41, 5.74) is 0. The highest BCUT2D eigenvalue weighted by molar-refractivity contribution is 9.10. The third kappa shape index (κ3) is 2.34. The number of fused-ring (bicyclic) bond motifs is 1. The fraction of sp³-hybridized carbons (Fsp3) is 0.333. The quantitative estimate of drug-likeness (QED) is 0.849. The second-order valence-corrected chi connectivity index (χ2v) is 4.97. The molecule has 100 valence electrons. The van der Waals surface area contributed by atoms with Crippen LogP contribution in [0.15, 0.2) is 22.9 Å². The Morgan fingerprint density at radius 1 is 1.37 bits per heavy atom. The van der Waals surface area contributed by atoms with Crippen LogP contribution in [0.25, 0.3) is 0 Å². The Kier molecular flexibility index (Phi) is 3.22. The number of benzene rings is 1. The van der Waals surface area contributed by atoms with Gasteiger partial charge in [-0.15, -0.1) is 5.10 Å². The van der Waals surface area contributed by atoms with E-state index in [2.05, 4.69) is 26.0 Å². The van der Waals surface area contributed by atoms with Crippen molar-refractivity contribution in [3.05, 3.63) is 40.4 Å². The Bertz CT molecular complexity index is 617.